The molecule has 0 heterocycles. The molecule has 2 saturated carbocycles. The van der Waals surface area contributed by atoms with Gasteiger partial charge < -0.3 is 20.7 Å². The smallest absolute Gasteiger partial charge is 0.289 e. The largest absolute Gasteiger partial charge is 0.497 e. The molecule has 2 atom stereocenters. The van der Waals surface area contributed by atoms with Gasteiger partial charge >= 0.3 is 0 Å². The molecular weight excluding hydrogens is 446 g/mol. The van der Waals surface area contributed by atoms with Crippen molar-refractivity contribution in [2.24, 2.45) is 5.92 Å². The van der Waals surface area contributed by atoms with Crippen molar-refractivity contribution in [2.45, 2.75) is 56.7 Å². The molecule has 0 radical (unpaired) electrons. The molecule has 8 heteroatoms. The second-order valence-electron chi connectivity index (χ2n) is 9.30. The molecule has 0 spiro atoms. The first-order valence-corrected chi connectivity index (χ1v) is 12.1. The minimum Gasteiger partial charge on any atom is -0.497 e. The summed E-state index contributed by atoms with van der Waals surface area (Å²) >= 11 is 0. The SMILES string of the molecule is COc1cccc(C(=O)NC(CC2CC2)C(=O)N[C@@H](Cc2ccccc2)C(=O)C(=O)NC2CC2)c1. The third-order valence-corrected chi connectivity index (χ3v) is 6.27. The van der Waals surface area contributed by atoms with E-state index >= 15 is 0 Å². The Bertz CT molecular complexity index is 1080. The molecule has 2 aromatic rings. The van der Waals surface area contributed by atoms with Gasteiger partial charge in [-0.25, -0.2) is 0 Å². The fraction of sp³-hybridized carbons (Fsp3) is 0.407. The number of Topliss-reactive ketones (excluding diaryl/α,β-unsaturated/α-hetero) is 1. The third kappa shape index (κ3) is 7.15. The average molecular weight is 478 g/mol. The van der Waals surface area contributed by atoms with Gasteiger partial charge in [-0.2, -0.15) is 0 Å². The molecule has 2 aromatic carbocycles. The quantitative estimate of drug-likeness (QED) is 0.406. The van der Waals surface area contributed by atoms with Crippen LogP contribution in [0.3, 0.4) is 0 Å². The monoisotopic (exact) mass is 477 g/mol. The van der Waals surface area contributed by atoms with Crippen molar-refractivity contribution in [2.75, 3.05) is 7.11 Å². The first-order valence-electron chi connectivity index (χ1n) is 12.1. The van der Waals surface area contributed by atoms with Gasteiger partial charge in [-0.05, 0) is 48.9 Å². The molecule has 0 saturated heterocycles. The van der Waals surface area contributed by atoms with Crippen LogP contribution in [0.15, 0.2) is 54.6 Å². The molecule has 2 aliphatic carbocycles. The van der Waals surface area contributed by atoms with Gasteiger partial charge in [0, 0.05) is 18.0 Å². The highest BCUT2D eigenvalue weighted by Crippen LogP contribution is 2.33. The molecule has 1 unspecified atom stereocenters. The van der Waals surface area contributed by atoms with Crippen LogP contribution >= 0.6 is 0 Å². The van der Waals surface area contributed by atoms with Crippen molar-refractivity contribution in [3.8, 4) is 5.75 Å². The molecule has 0 bridgehead atoms. The van der Waals surface area contributed by atoms with Crippen LogP contribution in [0.4, 0.5) is 0 Å². The molecular formula is C27H31N3O5. The number of amides is 3. The Morgan fingerprint density at radius 2 is 1.66 bits per heavy atom. The zero-order valence-corrected chi connectivity index (χ0v) is 19.8. The zero-order chi connectivity index (χ0) is 24.8. The Kier molecular flexibility index (Phi) is 7.80. The van der Waals surface area contributed by atoms with E-state index in [1.54, 1.807) is 24.3 Å². The second kappa shape index (κ2) is 11.2. The molecule has 35 heavy (non-hydrogen) atoms. The topological polar surface area (TPSA) is 114 Å². The Morgan fingerprint density at radius 1 is 0.914 bits per heavy atom. The van der Waals surface area contributed by atoms with Gasteiger partial charge in [0.1, 0.15) is 17.8 Å². The van der Waals surface area contributed by atoms with Gasteiger partial charge in [0.25, 0.3) is 11.8 Å². The van der Waals surface area contributed by atoms with E-state index in [0.717, 1.165) is 31.2 Å². The molecule has 4 rings (SSSR count). The minimum atomic E-state index is -1.03. The summed E-state index contributed by atoms with van der Waals surface area (Å²) in [6.07, 6.45) is 4.36. The maximum atomic E-state index is 13.3. The standard InChI is InChI=1S/C27H31N3O5/c1-35-21-9-5-8-19(16-21)25(32)30-23(15-18-10-11-18)26(33)29-22(14-17-6-3-2-4-7-17)24(31)27(34)28-20-12-13-20/h2-9,16,18,20,22-23H,10-15H2,1H3,(H,28,34)(H,29,33)(H,30,32)/t22-,23?/m0/s1. The van der Waals surface area contributed by atoms with Gasteiger partial charge in [-0.15, -0.1) is 0 Å². The number of nitrogens with one attached hydrogen (secondary N) is 3. The molecule has 2 aliphatic rings. The number of benzene rings is 2. The van der Waals surface area contributed by atoms with Gasteiger partial charge in [0.05, 0.1) is 7.11 Å². The van der Waals surface area contributed by atoms with Gasteiger partial charge in [0.15, 0.2) is 0 Å². The fourth-order valence-corrected chi connectivity index (χ4v) is 3.90. The maximum Gasteiger partial charge on any atom is 0.289 e. The van der Waals surface area contributed by atoms with Crippen LogP contribution < -0.4 is 20.7 Å². The lowest BCUT2D eigenvalue weighted by Crippen LogP contribution is -2.54. The summed E-state index contributed by atoms with van der Waals surface area (Å²) in [5.41, 5.74) is 1.20. The van der Waals surface area contributed by atoms with Gasteiger partial charge in [-0.3, -0.25) is 19.2 Å². The Hall–Kier alpha value is -3.68. The third-order valence-electron chi connectivity index (χ3n) is 6.27. The van der Waals surface area contributed by atoms with Gasteiger partial charge in [0.2, 0.25) is 11.7 Å². The normalized spacial score (nSPS) is 16.5. The van der Waals surface area contributed by atoms with Crippen LogP contribution in [0, 0.1) is 5.92 Å². The molecule has 0 aliphatic heterocycles. The summed E-state index contributed by atoms with van der Waals surface area (Å²) in [7, 11) is 1.52. The highest BCUT2D eigenvalue weighted by Gasteiger charge is 2.35. The van der Waals surface area contributed by atoms with E-state index in [-0.39, 0.29) is 12.5 Å². The van der Waals surface area contributed by atoms with Crippen molar-refractivity contribution >= 4 is 23.5 Å². The van der Waals surface area contributed by atoms with Gasteiger partial charge in [-0.1, -0.05) is 49.2 Å². The van der Waals surface area contributed by atoms with Crippen LogP contribution in [-0.2, 0) is 20.8 Å². The van der Waals surface area contributed by atoms with Crippen molar-refractivity contribution in [3.05, 3.63) is 65.7 Å². The molecule has 184 valence electrons. The van der Waals surface area contributed by atoms with E-state index in [9.17, 15) is 19.2 Å². The van der Waals surface area contributed by atoms with Crippen molar-refractivity contribution < 1.29 is 23.9 Å². The molecule has 3 N–H and O–H groups in total. The summed E-state index contributed by atoms with van der Waals surface area (Å²) in [4.78, 5) is 51.7. The van der Waals surface area contributed by atoms with Crippen molar-refractivity contribution in [1.29, 1.82) is 0 Å². The Balaban J connectivity index is 1.48. The summed E-state index contributed by atoms with van der Waals surface area (Å²) in [5.74, 6) is -1.36. The number of carbonyl (C=O) groups excluding carboxylic acids is 4. The number of methoxy groups -OCH3 is 1. The first-order chi connectivity index (χ1) is 16.9. The highest BCUT2D eigenvalue weighted by molar-refractivity contribution is 6.38. The van der Waals surface area contributed by atoms with E-state index in [4.69, 9.17) is 4.74 Å². The van der Waals surface area contributed by atoms with Crippen LogP contribution in [-0.4, -0.2) is 48.7 Å². The summed E-state index contributed by atoms with van der Waals surface area (Å²) in [6.45, 7) is 0. The van der Waals surface area contributed by atoms with Crippen molar-refractivity contribution in [1.82, 2.24) is 16.0 Å². The summed E-state index contributed by atoms with van der Waals surface area (Å²) < 4.78 is 5.19. The average Bonchev–Trinajstić information content (AvgIpc) is 3.80. The van der Waals surface area contributed by atoms with E-state index in [2.05, 4.69) is 16.0 Å². The predicted molar refractivity (Wildman–Crippen MR) is 130 cm³/mol. The maximum absolute atomic E-state index is 13.3. The summed E-state index contributed by atoms with van der Waals surface area (Å²) in [6, 6.07) is 14.1. The van der Waals surface area contributed by atoms with Crippen LogP contribution in [0.1, 0.15) is 48.0 Å². The molecule has 8 nitrogen and oxygen atoms in total. The lowest BCUT2D eigenvalue weighted by molar-refractivity contribution is -0.140. The number of ketones is 1. The number of hydrogen-bond acceptors (Lipinski definition) is 5. The first kappa shape index (κ1) is 24.4. The number of rotatable bonds is 12. The lowest BCUT2D eigenvalue weighted by atomic mass is 10.0. The summed E-state index contributed by atoms with van der Waals surface area (Å²) in [5, 5.41) is 8.29. The minimum absolute atomic E-state index is 0.0318. The zero-order valence-electron chi connectivity index (χ0n) is 19.8. The number of carbonyl (C=O) groups is 4. The number of ether oxygens (including phenoxy) is 1. The molecule has 2 fully saturated rings. The van der Waals surface area contributed by atoms with Crippen LogP contribution in [0.2, 0.25) is 0 Å². The van der Waals surface area contributed by atoms with E-state index in [0.29, 0.717) is 23.7 Å². The van der Waals surface area contributed by atoms with Crippen molar-refractivity contribution in [3.63, 3.8) is 0 Å². The van der Waals surface area contributed by atoms with E-state index in [1.165, 1.54) is 7.11 Å². The Morgan fingerprint density at radius 3 is 2.31 bits per heavy atom. The van der Waals surface area contributed by atoms with E-state index < -0.39 is 35.6 Å². The number of hydrogen-bond donors (Lipinski definition) is 3. The Labute approximate surface area is 204 Å². The predicted octanol–water partition coefficient (Wildman–Crippen LogP) is 2.17. The highest BCUT2D eigenvalue weighted by atomic mass is 16.5. The lowest BCUT2D eigenvalue weighted by Gasteiger charge is -2.23. The van der Waals surface area contributed by atoms with Crippen LogP contribution in [0.25, 0.3) is 0 Å². The fourth-order valence-electron chi connectivity index (χ4n) is 3.90. The van der Waals surface area contributed by atoms with E-state index in [1.807, 2.05) is 30.3 Å². The van der Waals surface area contributed by atoms with Crippen LogP contribution in [0.5, 0.6) is 5.75 Å². The molecule has 0 aromatic heterocycles. The molecule has 3 amide bonds. The second-order valence-corrected chi connectivity index (χ2v) is 9.30.